The molecule has 1 aromatic carbocycles. The lowest BCUT2D eigenvalue weighted by molar-refractivity contribution is -0.132. The van der Waals surface area contributed by atoms with E-state index in [1.165, 1.54) is 17.3 Å². The molecule has 0 spiro atoms. The van der Waals surface area contributed by atoms with Gasteiger partial charge in [-0.3, -0.25) is 4.79 Å². The number of nitrogens with one attached hydrogen (secondary N) is 1. The van der Waals surface area contributed by atoms with Gasteiger partial charge < -0.3 is 14.8 Å². The standard InChI is InChI=1S/C20H28N4OS/c1-4-23-10-12-24(13-11-23)19(25)16(3)26-20-21-15(2)18(22-20)14-17-8-6-5-7-9-17/h5-9,16H,4,10-14H2,1-3H3,(H,21,22). The minimum Gasteiger partial charge on any atom is -0.339 e. The van der Waals surface area contributed by atoms with Crippen molar-refractivity contribution in [3.63, 3.8) is 0 Å². The second-order valence-electron chi connectivity index (χ2n) is 6.80. The van der Waals surface area contributed by atoms with Crippen molar-refractivity contribution in [2.24, 2.45) is 0 Å². The van der Waals surface area contributed by atoms with E-state index >= 15 is 0 Å². The van der Waals surface area contributed by atoms with E-state index in [4.69, 9.17) is 4.98 Å². The lowest BCUT2D eigenvalue weighted by atomic mass is 10.1. The average Bonchev–Trinajstić information content (AvgIpc) is 3.00. The molecule has 1 N–H and O–H groups in total. The van der Waals surface area contributed by atoms with Crippen molar-refractivity contribution in [1.29, 1.82) is 0 Å². The highest BCUT2D eigenvalue weighted by atomic mass is 32.2. The van der Waals surface area contributed by atoms with Crippen LogP contribution in [0.3, 0.4) is 0 Å². The van der Waals surface area contributed by atoms with Crippen LogP contribution in [0.4, 0.5) is 0 Å². The molecule has 1 aromatic heterocycles. The fourth-order valence-corrected chi connectivity index (χ4v) is 4.20. The van der Waals surface area contributed by atoms with Crippen LogP contribution in [0, 0.1) is 6.92 Å². The molecule has 2 heterocycles. The summed E-state index contributed by atoms with van der Waals surface area (Å²) < 4.78 is 0. The Morgan fingerprint density at radius 1 is 1.23 bits per heavy atom. The number of H-pyrrole nitrogens is 1. The molecule has 6 heteroatoms. The quantitative estimate of drug-likeness (QED) is 0.792. The molecule has 1 saturated heterocycles. The number of benzene rings is 1. The van der Waals surface area contributed by atoms with Crippen molar-refractivity contribution in [3.05, 3.63) is 47.3 Å². The Balaban J connectivity index is 1.58. The van der Waals surface area contributed by atoms with Crippen LogP contribution in [0.2, 0.25) is 0 Å². The van der Waals surface area contributed by atoms with Crippen LogP contribution in [0.15, 0.2) is 35.5 Å². The zero-order chi connectivity index (χ0) is 18.5. The molecular weight excluding hydrogens is 344 g/mol. The van der Waals surface area contributed by atoms with Gasteiger partial charge in [0.05, 0.1) is 10.9 Å². The molecule has 2 aromatic rings. The maximum Gasteiger partial charge on any atom is 0.235 e. The van der Waals surface area contributed by atoms with Gasteiger partial charge in [0.2, 0.25) is 5.91 Å². The molecule has 1 fully saturated rings. The highest BCUT2D eigenvalue weighted by Crippen LogP contribution is 2.24. The van der Waals surface area contributed by atoms with Gasteiger partial charge in [0.15, 0.2) is 5.16 Å². The number of rotatable bonds is 6. The number of hydrogen-bond donors (Lipinski definition) is 1. The summed E-state index contributed by atoms with van der Waals surface area (Å²) in [4.78, 5) is 25.2. The summed E-state index contributed by atoms with van der Waals surface area (Å²) in [5.41, 5.74) is 3.37. The number of aromatic nitrogens is 2. The molecule has 0 bridgehead atoms. The second-order valence-corrected chi connectivity index (χ2v) is 8.13. The number of amides is 1. The van der Waals surface area contributed by atoms with Crippen LogP contribution in [-0.2, 0) is 11.2 Å². The number of aryl methyl sites for hydroxylation is 1. The van der Waals surface area contributed by atoms with E-state index in [1.54, 1.807) is 0 Å². The van der Waals surface area contributed by atoms with Crippen molar-refractivity contribution < 1.29 is 4.79 Å². The Morgan fingerprint density at radius 3 is 2.58 bits per heavy atom. The molecule has 0 saturated carbocycles. The summed E-state index contributed by atoms with van der Waals surface area (Å²) in [6.07, 6.45) is 0.811. The van der Waals surface area contributed by atoms with Crippen LogP contribution >= 0.6 is 11.8 Å². The van der Waals surface area contributed by atoms with Gasteiger partial charge in [0, 0.05) is 38.3 Å². The zero-order valence-corrected chi connectivity index (χ0v) is 16.7. The molecule has 26 heavy (non-hydrogen) atoms. The number of aromatic amines is 1. The first-order valence-corrected chi connectivity index (χ1v) is 10.2. The Bertz CT molecular complexity index is 723. The largest absolute Gasteiger partial charge is 0.339 e. The first-order valence-electron chi connectivity index (χ1n) is 9.34. The van der Waals surface area contributed by atoms with Crippen LogP contribution in [0.25, 0.3) is 0 Å². The van der Waals surface area contributed by atoms with Crippen LogP contribution in [-0.4, -0.2) is 63.6 Å². The minimum absolute atomic E-state index is 0.127. The van der Waals surface area contributed by atoms with Gasteiger partial charge >= 0.3 is 0 Å². The molecule has 140 valence electrons. The molecule has 1 amide bonds. The third-order valence-corrected chi connectivity index (χ3v) is 5.92. The number of nitrogens with zero attached hydrogens (tertiary/aromatic N) is 3. The Kier molecular flexibility index (Phi) is 6.38. The van der Waals surface area contributed by atoms with E-state index in [9.17, 15) is 4.79 Å². The van der Waals surface area contributed by atoms with Crippen molar-refractivity contribution in [3.8, 4) is 0 Å². The molecular formula is C20H28N4OS. The van der Waals surface area contributed by atoms with Crippen LogP contribution in [0.5, 0.6) is 0 Å². The number of hydrogen-bond acceptors (Lipinski definition) is 4. The number of piperazine rings is 1. The Labute approximate surface area is 160 Å². The smallest absolute Gasteiger partial charge is 0.235 e. The van der Waals surface area contributed by atoms with Gasteiger partial charge in [-0.1, -0.05) is 49.0 Å². The zero-order valence-electron chi connectivity index (χ0n) is 15.9. The van der Waals surface area contributed by atoms with E-state index in [1.807, 2.05) is 36.9 Å². The third-order valence-electron chi connectivity index (χ3n) is 4.95. The van der Waals surface area contributed by atoms with E-state index in [2.05, 4.69) is 28.9 Å². The SMILES string of the molecule is CCN1CCN(C(=O)C(C)Sc2nc(Cc3ccccc3)c(C)[nH]2)CC1. The minimum atomic E-state index is -0.127. The fourth-order valence-electron chi connectivity index (χ4n) is 3.24. The normalized spacial score (nSPS) is 16.7. The Morgan fingerprint density at radius 2 is 1.92 bits per heavy atom. The fraction of sp³-hybridized carbons (Fsp3) is 0.500. The summed E-state index contributed by atoms with van der Waals surface area (Å²) in [6, 6.07) is 10.3. The van der Waals surface area contributed by atoms with Crippen LogP contribution < -0.4 is 0 Å². The summed E-state index contributed by atoms with van der Waals surface area (Å²) >= 11 is 1.53. The van der Waals surface area contributed by atoms with Gasteiger partial charge in [-0.25, -0.2) is 4.98 Å². The summed E-state index contributed by atoms with van der Waals surface area (Å²) in [5.74, 6) is 0.212. The number of thioether (sulfide) groups is 1. The average molecular weight is 373 g/mol. The number of carbonyl (C=O) groups is 1. The molecule has 1 atom stereocenters. The number of imidazole rings is 1. The lowest BCUT2D eigenvalue weighted by Crippen LogP contribution is -2.50. The summed E-state index contributed by atoms with van der Waals surface area (Å²) in [6.45, 7) is 10.9. The molecule has 1 aliphatic rings. The van der Waals surface area contributed by atoms with Gasteiger partial charge in [0.25, 0.3) is 0 Å². The monoisotopic (exact) mass is 372 g/mol. The number of carbonyl (C=O) groups excluding carboxylic acids is 1. The van der Waals surface area contributed by atoms with Gasteiger partial charge in [-0.2, -0.15) is 0 Å². The third kappa shape index (κ3) is 4.68. The van der Waals surface area contributed by atoms with Gasteiger partial charge in [0.1, 0.15) is 0 Å². The summed E-state index contributed by atoms with van der Waals surface area (Å²) in [5, 5.41) is 0.708. The molecule has 0 aliphatic carbocycles. The maximum absolute atomic E-state index is 12.7. The number of likely N-dealkylation sites (N-methyl/N-ethyl adjacent to an activating group) is 1. The van der Waals surface area contributed by atoms with Crippen molar-refractivity contribution in [2.45, 2.75) is 37.6 Å². The van der Waals surface area contributed by atoms with E-state index in [0.29, 0.717) is 0 Å². The van der Waals surface area contributed by atoms with Gasteiger partial charge in [-0.05, 0) is 26.0 Å². The van der Waals surface area contributed by atoms with Crippen molar-refractivity contribution >= 4 is 17.7 Å². The topological polar surface area (TPSA) is 52.2 Å². The van der Waals surface area contributed by atoms with Gasteiger partial charge in [-0.15, -0.1) is 0 Å². The van der Waals surface area contributed by atoms with Crippen LogP contribution in [0.1, 0.15) is 30.8 Å². The second kappa shape index (κ2) is 8.73. The van der Waals surface area contributed by atoms with E-state index in [0.717, 1.165) is 55.7 Å². The molecule has 1 unspecified atom stereocenters. The molecule has 5 nitrogen and oxygen atoms in total. The van der Waals surface area contributed by atoms with Crippen molar-refractivity contribution in [2.75, 3.05) is 32.7 Å². The molecule has 0 radical (unpaired) electrons. The van der Waals surface area contributed by atoms with E-state index < -0.39 is 0 Å². The predicted octanol–water partition coefficient (Wildman–Crippen LogP) is 2.95. The highest BCUT2D eigenvalue weighted by molar-refractivity contribution is 8.00. The molecule has 3 rings (SSSR count). The Hall–Kier alpha value is -1.79. The first-order chi connectivity index (χ1) is 12.6. The molecule has 1 aliphatic heterocycles. The maximum atomic E-state index is 12.7. The predicted molar refractivity (Wildman–Crippen MR) is 107 cm³/mol. The lowest BCUT2D eigenvalue weighted by Gasteiger charge is -2.35. The summed E-state index contributed by atoms with van der Waals surface area (Å²) in [7, 11) is 0. The van der Waals surface area contributed by atoms with E-state index in [-0.39, 0.29) is 11.2 Å². The highest BCUT2D eigenvalue weighted by Gasteiger charge is 2.25. The first kappa shape index (κ1) is 19.0. The van der Waals surface area contributed by atoms with Crippen molar-refractivity contribution in [1.82, 2.24) is 19.8 Å².